The summed E-state index contributed by atoms with van der Waals surface area (Å²) in [5.74, 6) is 0.513. The predicted molar refractivity (Wildman–Crippen MR) is 138 cm³/mol. The molecule has 0 N–H and O–H groups in total. The summed E-state index contributed by atoms with van der Waals surface area (Å²) in [5, 5.41) is 0. The van der Waals surface area contributed by atoms with Crippen molar-refractivity contribution in [3.05, 3.63) is 121 Å². The van der Waals surface area contributed by atoms with Gasteiger partial charge in [0.1, 0.15) is 23.0 Å². The Hall–Kier alpha value is -2.88. The zero-order valence-electron chi connectivity index (χ0n) is 18.1. The molecule has 0 saturated carbocycles. The molecule has 0 unspecified atom stereocenters. The quantitative estimate of drug-likeness (QED) is 0.146. The van der Waals surface area contributed by atoms with Crippen molar-refractivity contribution in [1.29, 1.82) is 0 Å². The second-order valence-electron chi connectivity index (χ2n) is 7.12. The molecule has 10 heteroatoms. The van der Waals surface area contributed by atoms with E-state index in [-0.39, 0.29) is 23.0 Å². The van der Waals surface area contributed by atoms with Crippen LogP contribution in [0, 0.1) is 0 Å². The molecule has 0 atom stereocenters. The molecule has 0 aromatic heterocycles. The monoisotopic (exact) mass is 548 g/mol. The minimum Gasteiger partial charge on any atom is -0.414 e. The third-order valence-corrected chi connectivity index (χ3v) is 11.6. The van der Waals surface area contributed by atoms with E-state index in [2.05, 4.69) is 0 Å². The van der Waals surface area contributed by atoms with Crippen LogP contribution >= 0.6 is 38.4 Å². The van der Waals surface area contributed by atoms with Crippen molar-refractivity contribution in [3.8, 4) is 23.0 Å². The number of benzene rings is 4. The smallest absolute Gasteiger partial charge is 0.414 e. The summed E-state index contributed by atoms with van der Waals surface area (Å²) >= 11 is 13.4. The molecule has 6 nitrogen and oxygen atoms in total. The lowest BCUT2D eigenvalue weighted by molar-refractivity contribution is 0.360. The Balaban J connectivity index is 1.82. The molecule has 0 aliphatic carbocycles. The fourth-order valence-corrected chi connectivity index (χ4v) is 7.52. The Bertz CT molecular complexity index is 1130. The first kappa shape index (κ1) is 25.2. The number of hydrogen-bond acceptors (Lipinski definition) is 6. The molecule has 0 radical (unpaired) electrons. The predicted octanol–water partition coefficient (Wildman–Crippen LogP) is 8.78. The number of halogens is 2. The van der Waals surface area contributed by atoms with E-state index < -0.39 is 19.0 Å². The average Bonchev–Trinajstić information content (AvgIpc) is 2.86. The molecule has 4 aromatic rings. The van der Waals surface area contributed by atoms with Crippen molar-refractivity contribution in [1.82, 2.24) is 0 Å². The van der Waals surface area contributed by atoms with E-state index in [4.69, 9.17) is 41.3 Å². The SMILES string of the molecule is O=P(Oc1ccccc1)(Oc1ccccc1)C(Cl)(Cl)P(=O)(Oc1ccccc1)Oc1ccccc1. The topological polar surface area (TPSA) is 71.1 Å². The van der Waals surface area contributed by atoms with Gasteiger partial charge in [0.15, 0.2) is 0 Å². The van der Waals surface area contributed by atoms with Crippen LogP contribution in [0.2, 0.25) is 0 Å². The Morgan fingerprint density at radius 3 is 0.829 bits per heavy atom. The second kappa shape index (κ2) is 10.8. The molecular weight excluding hydrogens is 529 g/mol. The van der Waals surface area contributed by atoms with Gasteiger partial charge in [-0.1, -0.05) is 96.0 Å². The Morgan fingerprint density at radius 1 is 0.429 bits per heavy atom. The van der Waals surface area contributed by atoms with Gasteiger partial charge in [-0.25, -0.2) is 9.13 Å². The van der Waals surface area contributed by atoms with Crippen molar-refractivity contribution in [2.45, 2.75) is 3.82 Å². The van der Waals surface area contributed by atoms with Crippen molar-refractivity contribution in [2.24, 2.45) is 0 Å². The van der Waals surface area contributed by atoms with Crippen LogP contribution in [0.3, 0.4) is 0 Å². The molecule has 0 fully saturated rings. The summed E-state index contributed by atoms with van der Waals surface area (Å²) in [7, 11) is -9.49. The molecule has 0 aliphatic heterocycles. The molecule has 0 saturated heterocycles. The van der Waals surface area contributed by atoms with Crippen LogP contribution in [-0.2, 0) is 9.13 Å². The van der Waals surface area contributed by atoms with Gasteiger partial charge in [0.25, 0.3) is 0 Å². The average molecular weight is 549 g/mol. The lowest BCUT2D eigenvalue weighted by Crippen LogP contribution is -2.26. The van der Waals surface area contributed by atoms with E-state index in [1.165, 1.54) is 48.5 Å². The van der Waals surface area contributed by atoms with Gasteiger partial charge in [-0.05, 0) is 48.5 Å². The number of rotatable bonds is 10. The molecular formula is C25H20Cl2O6P2. The first-order chi connectivity index (χ1) is 16.8. The highest BCUT2D eigenvalue weighted by Crippen LogP contribution is 2.80. The summed E-state index contributed by atoms with van der Waals surface area (Å²) in [5.41, 5.74) is 0. The fourth-order valence-electron chi connectivity index (χ4n) is 2.89. The Labute approximate surface area is 213 Å². The molecule has 0 heterocycles. The molecule has 35 heavy (non-hydrogen) atoms. The van der Waals surface area contributed by atoms with Crippen LogP contribution in [0.1, 0.15) is 0 Å². The van der Waals surface area contributed by atoms with Crippen LogP contribution < -0.4 is 18.1 Å². The van der Waals surface area contributed by atoms with Gasteiger partial charge < -0.3 is 18.1 Å². The van der Waals surface area contributed by atoms with E-state index in [0.29, 0.717) is 0 Å². The molecule has 180 valence electrons. The standard InChI is InChI=1S/C25H20Cl2O6P2/c26-25(27,34(28,30-21-13-5-1-6-14-21)31-22-15-7-2-8-16-22)35(29,32-23-17-9-3-10-18-23)33-24-19-11-4-12-20-24/h1-20H. The number of para-hydroxylation sites is 4. The summed E-state index contributed by atoms with van der Waals surface area (Å²) in [6.45, 7) is 0. The van der Waals surface area contributed by atoms with Crippen molar-refractivity contribution in [2.75, 3.05) is 0 Å². The highest BCUT2D eigenvalue weighted by Gasteiger charge is 2.69. The molecule has 4 rings (SSSR count). The van der Waals surface area contributed by atoms with Gasteiger partial charge in [0, 0.05) is 0 Å². The van der Waals surface area contributed by atoms with Crippen molar-refractivity contribution in [3.63, 3.8) is 0 Å². The number of hydrogen-bond donors (Lipinski definition) is 0. The van der Waals surface area contributed by atoms with Crippen molar-refractivity contribution >= 4 is 38.4 Å². The largest absolute Gasteiger partial charge is 0.482 e. The minimum absolute atomic E-state index is 0.128. The highest BCUT2D eigenvalue weighted by molar-refractivity contribution is 7.80. The van der Waals surface area contributed by atoms with E-state index in [0.717, 1.165) is 0 Å². The second-order valence-corrected chi connectivity index (χ2v) is 13.9. The lowest BCUT2D eigenvalue weighted by atomic mass is 10.3. The van der Waals surface area contributed by atoms with Gasteiger partial charge in [0.05, 0.1) is 0 Å². The molecule has 4 aromatic carbocycles. The Morgan fingerprint density at radius 2 is 0.629 bits per heavy atom. The normalized spacial score (nSPS) is 11.9. The minimum atomic E-state index is -4.74. The van der Waals surface area contributed by atoms with Gasteiger partial charge in [-0.2, -0.15) is 0 Å². The van der Waals surface area contributed by atoms with E-state index in [1.807, 2.05) is 0 Å². The van der Waals surface area contributed by atoms with Gasteiger partial charge in [-0.3, -0.25) is 0 Å². The van der Waals surface area contributed by atoms with Crippen LogP contribution in [-0.4, -0.2) is 3.82 Å². The summed E-state index contributed by atoms with van der Waals surface area (Å²) < 4.78 is 48.8. The summed E-state index contributed by atoms with van der Waals surface area (Å²) in [6, 6.07) is 32.5. The molecule has 0 bridgehead atoms. The van der Waals surface area contributed by atoms with E-state index in [1.54, 1.807) is 72.8 Å². The fraction of sp³-hybridized carbons (Fsp3) is 0.0400. The maximum absolute atomic E-state index is 14.4. The molecule has 0 amide bonds. The van der Waals surface area contributed by atoms with Crippen LogP contribution in [0.5, 0.6) is 23.0 Å². The molecule has 0 spiro atoms. The van der Waals surface area contributed by atoms with Crippen LogP contribution in [0.4, 0.5) is 0 Å². The van der Waals surface area contributed by atoms with E-state index in [9.17, 15) is 9.13 Å². The van der Waals surface area contributed by atoms with Crippen molar-refractivity contribution < 1.29 is 27.2 Å². The van der Waals surface area contributed by atoms with Gasteiger partial charge in [-0.15, -0.1) is 0 Å². The van der Waals surface area contributed by atoms with Gasteiger partial charge >= 0.3 is 19.0 Å². The zero-order valence-corrected chi connectivity index (χ0v) is 21.4. The first-order valence-electron chi connectivity index (χ1n) is 10.4. The Kier molecular flexibility index (Phi) is 7.78. The maximum Gasteiger partial charge on any atom is 0.482 e. The summed E-state index contributed by atoms with van der Waals surface area (Å²) in [4.78, 5) is 0. The maximum atomic E-state index is 14.4. The molecule has 0 aliphatic rings. The zero-order chi connectivity index (χ0) is 24.8. The number of alkyl halides is 2. The summed E-state index contributed by atoms with van der Waals surface area (Å²) in [6.07, 6.45) is 0. The highest BCUT2D eigenvalue weighted by atomic mass is 35.5. The lowest BCUT2D eigenvalue weighted by Gasteiger charge is -2.33. The van der Waals surface area contributed by atoms with Crippen LogP contribution in [0.15, 0.2) is 121 Å². The third-order valence-electron chi connectivity index (χ3n) is 4.53. The van der Waals surface area contributed by atoms with Gasteiger partial charge in [0.2, 0.25) is 0 Å². The first-order valence-corrected chi connectivity index (χ1v) is 14.2. The van der Waals surface area contributed by atoms with E-state index >= 15 is 0 Å². The van der Waals surface area contributed by atoms with Crippen LogP contribution in [0.25, 0.3) is 0 Å². The third kappa shape index (κ3) is 5.86.